The van der Waals surface area contributed by atoms with Gasteiger partial charge < -0.3 is 18.9 Å². The fraction of sp³-hybridized carbons (Fsp3) is 0.250. The molecule has 1 amide bonds. The predicted octanol–water partition coefficient (Wildman–Crippen LogP) is 4.24. The van der Waals surface area contributed by atoms with E-state index in [1.54, 1.807) is 48.7 Å². The molecule has 0 bridgehead atoms. The molecule has 4 aromatic rings. The largest absolute Gasteiger partial charge is 0.519 e. The number of hydrogen-bond acceptors (Lipinski definition) is 8. The molecule has 11 heteroatoms. The first-order chi connectivity index (χ1) is 16.6. The van der Waals surface area contributed by atoms with E-state index in [1.807, 2.05) is 0 Å². The number of amides is 1. The summed E-state index contributed by atoms with van der Waals surface area (Å²) in [5.41, 5.74) is 1.67. The summed E-state index contributed by atoms with van der Waals surface area (Å²) in [6.07, 6.45) is -0.0327. The smallest absolute Gasteiger partial charge is 0.468 e. The fourth-order valence-electron chi connectivity index (χ4n) is 3.68. The average molecular weight is 500 g/mol. The normalized spacial score (nSPS) is 12.9. The number of benzene rings is 2. The number of rotatable bonds is 7. The molecule has 9 nitrogen and oxygen atoms in total. The monoisotopic (exact) mass is 499 g/mol. The highest BCUT2D eigenvalue weighted by Crippen LogP contribution is 2.40. The second kappa shape index (κ2) is 9.41. The molecule has 4 rings (SSSR count). The van der Waals surface area contributed by atoms with Gasteiger partial charge in [-0.2, -0.15) is 0 Å². The second-order valence-corrected chi connectivity index (χ2v) is 9.47. The quantitative estimate of drug-likeness (QED) is 0.296. The van der Waals surface area contributed by atoms with Gasteiger partial charge in [0.25, 0.3) is 0 Å². The molecule has 0 aliphatic heterocycles. The van der Waals surface area contributed by atoms with Gasteiger partial charge in [0.2, 0.25) is 5.91 Å². The summed E-state index contributed by atoms with van der Waals surface area (Å²) in [6, 6.07) is 11.5. The van der Waals surface area contributed by atoms with Crippen LogP contribution in [0.2, 0.25) is 0 Å². The lowest BCUT2D eigenvalue weighted by molar-refractivity contribution is -0.143. The highest BCUT2D eigenvalue weighted by atomic mass is 32.2. The van der Waals surface area contributed by atoms with Crippen molar-refractivity contribution < 1.29 is 27.6 Å². The van der Waals surface area contributed by atoms with Crippen LogP contribution in [-0.4, -0.2) is 33.3 Å². The van der Waals surface area contributed by atoms with Gasteiger partial charge in [-0.3, -0.25) is 14.2 Å². The summed E-state index contributed by atoms with van der Waals surface area (Å²) in [5.74, 6) is -1.94. The van der Waals surface area contributed by atoms with Gasteiger partial charge in [-0.05, 0) is 44.2 Å². The van der Waals surface area contributed by atoms with Gasteiger partial charge in [-0.1, -0.05) is 23.9 Å². The van der Waals surface area contributed by atoms with Crippen molar-refractivity contribution in [1.29, 1.82) is 0 Å². The van der Waals surface area contributed by atoms with E-state index >= 15 is 4.39 Å². The molecule has 0 radical (unpaired) electrons. The van der Waals surface area contributed by atoms with E-state index in [2.05, 4.69) is 10.3 Å². The predicted molar refractivity (Wildman–Crippen MR) is 127 cm³/mol. The van der Waals surface area contributed by atoms with Gasteiger partial charge in [-0.25, -0.2) is 14.2 Å². The first-order valence-electron chi connectivity index (χ1n) is 10.5. The van der Waals surface area contributed by atoms with Crippen LogP contribution in [0.25, 0.3) is 16.7 Å². The number of anilines is 1. The molecule has 0 aliphatic rings. The number of hydrogen-bond donors (Lipinski definition) is 1. The summed E-state index contributed by atoms with van der Waals surface area (Å²) in [4.78, 5) is 40.4. The summed E-state index contributed by atoms with van der Waals surface area (Å²) >= 11 is 1.04. The van der Waals surface area contributed by atoms with Gasteiger partial charge in [0.05, 0.1) is 23.8 Å². The van der Waals surface area contributed by atoms with E-state index in [9.17, 15) is 14.4 Å². The van der Waals surface area contributed by atoms with Crippen molar-refractivity contribution >= 4 is 40.4 Å². The van der Waals surface area contributed by atoms with Gasteiger partial charge in [0.15, 0.2) is 10.9 Å². The van der Waals surface area contributed by atoms with E-state index in [-0.39, 0.29) is 29.5 Å². The van der Waals surface area contributed by atoms with E-state index in [0.717, 1.165) is 11.8 Å². The highest BCUT2D eigenvalue weighted by molar-refractivity contribution is 8.01. The van der Waals surface area contributed by atoms with Crippen LogP contribution in [-0.2, 0) is 20.7 Å². The molecular formula is C24H22FN3O6S. The van der Waals surface area contributed by atoms with Crippen LogP contribution in [0.5, 0.6) is 0 Å². The Morgan fingerprint density at radius 1 is 1.23 bits per heavy atom. The molecule has 2 heterocycles. The van der Waals surface area contributed by atoms with Crippen LogP contribution in [0.1, 0.15) is 25.4 Å². The third-order valence-corrected chi connectivity index (χ3v) is 6.52. The van der Waals surface area contributed by atoms with Crippen molar-refractivity contribution in [2.24, 2.45) is 0 Å². The number of imidazole rings is 1. The van der Waals surface area contributed by atoms with Crippen molar-refractivity contribution in [3.05, 3.63) is 70.4 Å². The number of aryl methyl sites for hydroxylation is 1. The van der Waals surface area contributed by atoms with E-state index in [4.69, 9.17) is 13.6 Å². The Balaban J connectivity index is 1.84. The lowest BCUT2D eigenvalue weighted by atomic mass is 10.0. The zero-order valence-corrected chi connectivity index (χ0v) is 20.2. The molecule has 0 spiro atoms. The maximum absolute atomic E-state index is 15.3. The van der Waals surface area contributed by atoms with Crippen molar-refractivity contribution in [3.63, 3.8) is 0 Å². The van der Waals surface area contributed by atoms with Crippen molar-refractivity contribution in [1.82, 2.24) is 9.55 Å². The molecule has 182 valence electrons. The minimum absolute atomic E-state index is 0.0327. The fourth-order valence-corrected chi connectivity index (χ4v) is 4.89. The third-order valence-electron chi connectivity index (χ3n) is 5.31. The summed E-state index contributed by atoms with van der Waals surface area (Å²) < 4.78 is 30.6. The zero-order valence-electron chi connectivity index (χ0n) is 19.4. The Morgan fingerprint density at radius 3 is 2.60 bits per heavy atom. The van der Waals surface area contributed by atoms with Gasteiger partial charge >= 0.3 is 11.8 Å². The number of ether oxygens (including phenoxy) is 1. The molecular weight excluding hydrogens is 477 g/mol. The lowest BCUT2D eigenvalue weighted by Crippen LogP contribution is -2.36. The average Bonchev–Trinajstić information content (AvgIpc) is 3.30. The molecule has 0 saturated heterocycles. The van der Waals surface area contributed by atoms with Crippen molar-refractivity contribution in [2.45, 2.75) is 37.1 Å². The Bertz CT molecular complexity index is 1490. The van der Waals surface area contributed by atoms with E-state index < -0.39 is 22.4 Å². The van der Waals surface area contributed by atoms with Crippen LogP contribution in [0.3, 0.4) is 0 Å². The van der Waals surface area contributed by atoms with Crippen LogP contribution in [0.4, 0.5) is 10.1 Å². The van der Waals surface area contributed by atoms with E-state index in [1.165, 1.54) is 26.2 Å². The molecule has 1 unspecified atom stereocenters. The number of halogens is 1. The SMILES string of the molecule is COC(=O)C(C)(Cc1oc(=O)oc1C)Sc1nc2ccccc2n1-c1ccc(NC(C)=O)cc1F. The topological polar surface area (TPSA) is 117 Å². The first kappa shape index (κ1) is 24.3. The highest BCUT2D eigenvalue weighted by Gasteiger charge is 2.40. The first-order valence-corrected chi connectivity index (χ1v) is 11.3. The minimum Gasteiger partial charge on any atom is -0.468 e. The number of esters is 1. The van der Waals surface area contributed by atoms with Crippen molar-refractivity contribution in [2.75, 3.05) is 12.4 Å². The standard InChI is InChI=1S/C24H22FN3O6S/c1-13-20(34-23(31)33-13)12-24(3,21(30)32-4)35-22-27-17-7-5-6-8-19(17)28(22)18-10-9-15(11-16(18)25)26-14(2)29/h5-11H,12H2,1-4H3,(H,26,29). The second-order valence-electron chi connectivity index (χ2n) is 8.00. The Morgan fingerprint density at radius 2 is 1.97 bits per heavy atom. The Kier molecular flexibility index (Phi) is 6.53. The zero-order chi connectivity index (χ0) is 25.3. The number of nitrogens with one attached hydrogen (secondary N) is 1. The number of thioether (sulfide) groups is 1. The maximum atomic E-state index is 15.3. The summed E-state index contributed by atoms with van der Waals surface area (Å²) in [7, 11) is 1.25. The molecule has 2 aromatic carbocycles. The van der Waals surface area contributed by atoms with Gasteiger partial charge in [0, 0.05) is 19.0 Å². The summed E-state index contributed by atoms with van der Waals surface area (Å²) in [5, 5.41) is 2.86. The van der Waals surface area contributed by atoms with E-state index in [0.29, 0.717) is 21.9 Å². The number of nitrogens with zero attached hydrogens (tertiary/aromatic N) is 2. The molecule has 0 saturated carbocycles. The van der Waals surface area contributed by atoms with Crippen LogP contribution < -0.4 is 11.1 Å². The Hall–Kier alpha value is -3.86. The molecule has 1 atom stereocenters. The molecule has 0 fully saturated rings. The number of methoxy groups -OCH3 is 1. The lowest BCUT2D eigenvalue weighted by Gasteiger charge is -2.25. The number of fused-ring (bicyclic) bond motifs is 1. The minimum atomic E-state index is -1.30. The summed E-state index contributed by atoms with van der Waals surface area (Å²) in [6.45, 7) is 4.51. The third kappa shape index (κ3) is 4.85. The molecule has 1 N–H and O–H groups in total. The van der Waals surface area contributed by atoms with Crippen LogP contribution in [0, 0.1) is 12.7 Å². The number of carbonyl (C=O) groups is 2. The molecule has 0 aliphatic carbocycles. The van der Waals surface area contributed by atoms with Gasteiger partial charge in [-0.15, -0.1) is 0 Å². The van der Waals surface area contributed by atoms with Crippen LogP contribution >= 0.6 is 11.8 Å². The maximum Gasteiger partial charge on any atom is 0.519 e. The number of carbonyl (C=O) groups excluding carboxylic acids is 2. The number of aromatic nitrogens is 2. The molecule has 2 aromatic heterocycles. The number of para-hydroxylation sites is 2. The van der Waals surface area contributed by atoms with Gasteiger partial charge in [0.1, 0.15) is 16.3 Å². The van der Waals surface area contributed by atoms with Crippen molar-refractivity contribution in [3.8, 4) is 5.69 Å². The Labute approximate surface area is 203 Å². The van der Waals surface area contributed by atoms with Crippen LogP contribution in [0.15, 0.2) is 61.2 Å². The molecule has 35 heavy (non-hydrogen) atoms.